The Morgan fingerprint density at radius 3 is 2.61 bits per heavy atom. The highest BCUT2D eigenvalue weighted by Crippen LogP contribution is 2.49. The zero-order chi connectivity index (χ0) is 13.0. The Hall–Kier alpha value is -1.12. The van der Waals surface area contributed by atoms with E-state index in [4.69, 9.17) is 4.74 Å². The third kappa shape index (κ3) is 1.49. The van der Waals surface area contributed by atoms with Crippen molar-refractivity contribution < 1.29 is 14.3 Å². The van der Waals surface area contributed by atoms with E-state index >= 15 is 0 Å². The summed E-state index contributed by atoms with van der Waals surface area (Å²) in [4.78, 5) is 23.9. The quantitative estimate of drug-likeness (QED) is 0.618. The second kappa shape index (κ2) is 3.94. The molecule has 0 aromatic carbocycles. The minimum Gasteiger partial charge on any atom is -0.461 e. The van der Waals surface area contributed by atoms with Crippen molar-refractivity contribution in [3.8, 4) is 0 Å². The first-order valence-electron chi connectivity index (χ1n) is 6.93. The molecule has 3 nitrogen and oxygen atoms in total. The van der Waals surface area contributed by atoms with E-state index in [-0.39, 0.29) is 35.6 Å². The van der Waals surface area contributed by atoms with Crippen LogP contribution in [0, 0.1) is 29.6 Å². The molecule has 1 heterocycles. The van der Waals surface area contributed by atoms with Crippen molar-refractivity contribution in [1.82, 2.24) is 0 Å². The summed E-state index contributed by atoms with van der Waals surface area (Å²) < 4.78 is 5.61. The molecule has 0 bridgehead atoms. The van der Waals surface area contributed by atoms with E-state index in [2.05, 4.69) is 6.92 Å². The van der Waals surface area contributed by atoms with Gasteiger partial charge in [0.15, 0.2) is 5.78 Å². The van der Waals surface area contributed by atoms with Gasteiger partial charge in [0.2, 0.25) is 0 Å². The average Bonchev–Trinajstić information content (AvgIpc) is 2.68. The molecule has 0 N–H and O–H groups in total. The van der Waals surface area contributed by atoms with Crippen LogP contribution >= 0.6 is 0 Å². The van der Waals surface area contributed by atoms with Gasteiger partial charge < -0.3 is 4.74 Å². The fraction of sp³-hybridized carbons (Fsp3) is 0.733. The topological polar surface area (TPSA) is 43.4 Å². The van der Waals surface area contributed by atoms with Gasteiger partial charge in [0, 0.05) is 17.8 Å². The molecule has 3 rings (SSSR count). The first-order valence-corrected chi connectivity index (χ1v) is 6.93. The molecule has 2 fully saturated rings. The number of ether oxygens (including phenoxy) is 1. The molecule has 1 aliphatic heterocycles. The van der Waals surface area contributed by atoms with Crippen LogP contribution in [0.2, 0.25) is 0 Å². The number of allylic oxidation sites excluding steroid dienone is 1. The van der Waals surface area contributed by atoms with Crippen molar-refractivity contribution in [1.29, 1.82) is 0 Å². The molecule has 2 aliphatic carbocycles. The van der Waals surface area contributed by atoms with Crippen molar-refractivity contribution in [3.05, 3.63) is 11.6 Å². The van der Waals surface area contributed by atoms with E-state index in [1.165, 1.54) is 0 Å². The fourth-order valence-corrected chi connectivity index (χ4v) is 4.15. The smallest absolute Gasteiger partial charge is 0.309 e. The maximum Gasteiger partial charge on any atom is 0.309 e. The molecule has 0 amide bonds. The van der Waals surface area contributed by atoms with Crippen molar-refractivity contribution >= 4 is 11.8 Å². The van der Waals surface area contributed by atoms with Crippen LogP contribution in [0.25, 0.3) is 0 Å². The lowest BCUT2D eigenvalue weighted by Crippen LogP contribution is -2.33. The third-order valence-corrected chi connectivity index (χ3v) is 5.22. The molecule has 1 saturated carbocycles. The van der Waals surface area contributed by atoms with Gasteiger partial charge in [0.05, 0.1) is 5.92 Å². The monoisotopic (exact) mass is 248 g/mol. The third-order valence-electron chi connectivity index (χ3n) is 5.22. The summed E-state index contributed by atoms with van der Waals surface area (Å²) in [6.45, 7) is 6.14. The molecule has 4 unspecified atom stereocenters. The predicted molar refractivity (Wildman–Crippen MR) is 66.7 cm³/mol. The van der Waals surface area contributed by atoms with Gasteiger partial charge in [-0.15, -0.1) is 0 Å². The predicted octanol–water partition coefficient (Wildman–Crippen LogP) is 2.36. The minimum absolute atomic E-state index is 0.00977. The summed E-state index contributed by atoms with van der Waals surface area (Å²) in [5, 5.41) is 0. The molecule has 1 saturated heterocycles. The minimum atomic E-state index is -0.0783. The van der Waals surface area contributed by atoms with E-state index in [0.717, 1.165) is 18.4 Å². The Bertz CT molecular complexity index is 437. The van der Waals surface area contributed by atoms with Crippen LogP contribution in [0.4, 0.5) is 0 Å². The number of hydrogen-bond acceptors (Lipinski definition) is 3. The van der Waals surface area contributed by atoms with Gasteiger partial charge in [-0.3, -0.25) is 9.59 Å². The second-order valence-corrected chi connectivity index (χ2v) is 6.25. The molecule has 0 aromatic heterocycles. The van der Waals surface area contributed by atoms with Gasteiger partial charge >= 0.3 is 5.97 Å². The standard InChI is InChI=1S/C15H20O3/c1-7-4-5-10-9(3)15(17)18-14(10)13-8(2)6-11(16)12(7)13/h6-7,9-10,12-14H,4-5H2,1-3H3/t7?,9-,10-,12?,13?,14?/m0/s1. The summed E-state index contributed by atoms with van der Waals surface area (Å²) in [5.41, 5.74) is 1.11. The van der Waals surface area contributed by atoms with Gasteiger partial charge in [-0.25, -0.2) is 0 Å². The zero-order valence-electron chi connectivity index (χ0n) is 11.2. The van der Waals surface area contributed by atoms with Crippen LogP contribution in [0.1, 0.15) is 33.6 Å². The molecule has 98 valence electrons. The number of ketones is 1. The number of hydrogen-bond donors (Lipinski definition) is 0. The molecule has 0 aromatic rings. The van der Waals surface area contributed by atoms with Gasteiger partial charge in [-0.1, -0.05) is 19.4 Å². The lowest BCUT2D eigenvalue weighted by Gasteiger charge is -2.28. The van der Waals surface area contributed by atoms with E-state index in [0.29, 0.717) is 11.8 Å². The summed E-state index contributed by atoms with van der Waals surface area (Å²) in [6.07, 6.45) is 3.73. The van der Waals surface area contributed by atoms with E-state index in [9.17, 15) is 9.59 Å². The Labute approximate surface area is 108 Å². The summed E-state index contributed by atoms with van der Waals surface area (Å²) in [6, 6.07) is 0. The van der Waals surface area contributed by atoms with E-state index in [1.807, 2.05) is 13.8 Å². The highest BCUT2D eigenvalue weighted by Gasteiger charge is 2.53. The van der Waals surface area contributed by atoms with Gasteiger partial charge in [-0.05, 0) is 31.8 Å². The highest BCUT2D eigenvalue weighted by molar-refractivity contribution is 5.96. The van der Waals surface area contributed by atoms with E-state index < -0.39 is 0 Å². The SMILES string of the molecule is CC1=CC(=O)C2C(C)CC[C@@H]3C(OC(=O)[C@H]3C)C12. The molecule has 18 heavy (non-hydrogen) atoms. The lowest BCUT2D eigenvalue weighted by atomic mass is 9.77. The Balaban J connectivity index is 2.00. The summed E-state index contributed by atoms with van der Waals surface area (Å²) in [7, 11) is 0. The van der Waals surface area contributed by atoms with Crippen LogP contribution in [0.5, 0.6) is 0 Å². The van der Waals surface area contributed by atoms with E-state index in [1.54, 1.807) is 6.08 Å². The largest absolute Gasteiger partial charge is 0.461 e. The second-order valence-electron chi connectivity index (χ2n) is 6.25. The Kier molecular flexibility index (Phi) is 2.61. The first kappa shape index (κ1) is 11.9. The molecular formula is C15H20O3. The highest BCUT2D eigenvalue weighted by atomic mass is 16.6. The first-order chi connectivity index (χ1) is 8.50. The number of carbonyl (C=O) groups excluding carboxylic acids is 2. The van der Waals surface area contributed by atoms with Crippen LogP contribution in [0.15, 0.2) is 11.6 Å². The van der Waals surface area contributed by atoms with Crippen molar-refractivity contribution in [2.75, 3.05) is 0 Å². The van der Waals surface area contributed by atoms with Crippen LogP contribution in [-0.2, 0) is 14.3 Å². The number of carbonyl (C=O) groups is 2. The Morgan fingerprint density at radius 2 is 1.89 bits per heavy atom. The fourth-order valence-electron chi connectivity index (χ4n) is 4.15. The maximum atomic E-state index is 12.1. The molecule has 0 radical (unpaired) electrons. The number of fused-ring (bicyclic) bond motifs is 3. The van der Waals surface area contributed by atoms with Gasteiger partial charge in [0.25, 0.3) is 0 Å². The zero-order valence-corrected chi connectivity index (χ0v) is 11.2. The van der Waals surface area contributed by atoms with Crippen molar-refractivity contribution in [3.63, 3.8) is 0 Å². The Morgan fingerprint density at radius 1 is 1.17 bits per heavy atom. The van der Waals surface area contributed by atoms with Crippen molar-refractivity contribution in [2.24, 2.45) is 29.6 Å². The molecule has 3 heteroatoms. The average molecular weight is 248 g/mol. The molecular weight excluding hydrogens is 228 g/mol. The lowest BCUT2D eigenvalue weighted by molar-refractivity contribution is -0.146. The van der Waals surface area contributed by atoms with Gasteiger partial charge in [-0.2, -0.15) is 0 Å². The van der Waals surface area contributed by atoms with Crippen molar-refractivity contribution in [2.45, 2.75) is 39.7 Å². The maximum absolute atomic E-state index is 12.1. The summed E-state index contributed by atoms with van der Waals surface area (Å²) in [5.74, 6) is 1.01. The molecule has 6 atom stereocenters. The number of rotatable bonds is 0. The van der Waals surface area contributed by atoms with Crippen LogP contribution in [0.3, 0.4) is 0 Å². The van der Waals surface area contributed by atoms with Crippen LogP contribution < -0.4 is 0 Å². The van der Waals surface area contributed by atoms with Crippen LogP contribution in [-0.4, -0.2) is 17.9 Å². The number of esters is 1. The summed E-state index contributed by atoms with van der Waals surface area (Å²) >= 11 is 0. The molecule has 0 spiro atoms. The normalized spacial score (nSPS) is 47.2. The molecule has 3 aliphatic rings. The van der Waals surface area contributed by atoms with Gasteiger partial charge in [0.1, 0.15) is 6.10 Å².